The summed E-state index contributed by atoms with van der Waals surface area (Å²) < 4.78 is 31.6. The highest BCUT2D eigenvalue weighted by molar-refractivity contribution is 7.94. The second kappa shape index (κ2) is 5.68. The van der Waals surface area contributed by atoms with Gasteiger partial charge in [-0.3, -0.25) is 0 Å². The van der Waals surface area contributed by atoms with E-state index in [0.29, 0.717) is 5.69 Å². The van der Waals surface area contributed by atoms with Gasteiger partial charge in [-0.2, -0.15) is 4.98 Å². The Hall–Kier alpha value is -1.16. The number of ether oxygens (including phenoxy) is 1. The first kappa shape index (κ1) is 15.2. The third kappa shape index (κ3) is 3.29. The van der Waals surface area contributed by atoms with Crippen LogP contribution in [-0.4, -0.2) is 30.5 Å². The van der Waals surface area contributed by atoms with E-state index >= 15 is 0 Å². The molecule has 1 N–H and O–H groups in total. The van der Waals surface area contributed by atoms with Crippen LogP contribution in [0.15, 0.2) is 10.3 Å². The van der Waals surface area contributed by atoms with Crippen molar-refractivity contribution in [2.45, 2.75) is 11.1 Å². The van der Waals surface area contributed by atoms with Gasteiger partial charge in [0.25, 0.3) is 10.0 Å². The number of rotatable bonds is 4. The van der Waals surface area contributed by atoms with Crippen LogP contribution in [0.2, 0.25) is 9.62 Å². The van der Waals surface area contributed by atoms with Gasteiger partial charge in [-0.15, -0.1) is 0 Å². The first-order chi connectivity index (χ1) is 9.31. The summed E-state index contributed by atoms with van der Waals surface area (Å²) in [5.74, 6) is -0.0555. The summed E-state index contributed by atoms with van der Waals surface area (Å²) in [5.41, 5.74) is 0.293. The normalized spacial score (nSPS) is 11.4. The van der Waals surface area contributed by atoms with E-state index in [2.05, 4.69) is 19.7 Å². The van der Waals surface area contributed by atoms with E-state index in [4.69, 9.17) is 27.9 Å². The van der Waals surface area contributed by atoms with E-state index in [1.807, 2.05) is 0 Å². The number of aromatic nitrogens is 3. The van der Waals surface area contributed by atoms with Crippen molar-refractivity contribution in [1.29, 1.82) is 0 Å². The SMILES string of the molecule is COc1cc(Cl)nc(NS(=O)(=O)c2sc(Cl)nc2C)n1. The number of anilines is 1. The summed E-state index contributed by atoms with van der Waals surface area (Å²) in [7, 11) is -2.50. The van der Waals surface area contributed by atoms with Gasteiger partial charge in [0.1, 0.15) is 5.15 Å². The van der Waals surface area contributed by atoms with Crippen molar-refractivity contribution in [2.75, 3.05) is 11.8 Å². The Balaban J connectivity index is 2.38. The Bertz CT molecular complexity index is 748. The topological polar surface area (TPSA) is 94.1 Å². The minimum atomic E-state index is -3.88. The molecule has 0 aliphatic rings. The maximum atomic E-state index is 12.2. The van der Waals surface area contributed by atoms with Gasteiger partial charge in [-0.1, -0.05) is 34.5 Å². The van der Waals surface area contributed by atoms with E-state index in [1.165, 1.54) is 20.1 Å². The molecule has 2 rings (SSSR count). The third-order valence-electron chi connectivity index (χ3n) is 2.08. The number of aryl methyl sites for hydroxylation is 1. The molecule has 7 nitrogen and oxygen atoms in total. The second-order valence-corrected chi connectivity index (χ2v) is 7.35. The van der Waals surface area contributed by atoms with E-state index in [-0.39, 0.29) is 25.7 Å². The van der Waals surface area contributed by atoms with Crippen molar-refractivity contribution in [3.63, 3.8) is 0 Å². The molecule has 0 saturated carbocycles. The smallest absolute Gasteiger partial charge is 0.275 e. The molecule has 2 heterocycles. The zero-order valence-electron chi connectivity index (χ0n) is 10.2. The van der Waals surface area contributed by atoms with Crippen molar-refractivity contribution < 1.29 is 13.2 Å². The number of halogens is 2. The van der Waals surface area contributed by atoms with Gasteiger partial charge in [-0.05, 0) is 6.92 Å². The van der Waals surface area contributed by atoms with Crippen LogP contribution >= 0.6 is 34.5 Å². The first-order valence-electron chi connectivity index (χ1n) is 5.06. The highest BCUT2D eigenvalue weighted by Crippen LogP contribution is 2.28. The second-order valence-electron chi connectivity index (χ2n) is 3.50. The van der Waals surface area contributed by atoms with Crippen LogP contribution < -0.4 is 9.46 Å². The van der Waals surface area contributed by atoms with Crippen molar-refractivity contribution in [1.82, 2.24) is 15.0 Å². The molecule has 0 aromatic carbocycles. The molecule has 20 heavy (non-hydrogen) atoms. The lowest BCUT2D eigenvalue weighted by Gasteiger charge is -2.06. The molecule has 108 valence electrons. The number of thiazole rings is 1. The van der Waals surface area contributed by atoms with Gasteiger partial charge in [0, 0.05) is 6.07 Å². The van der Waals surface area contributed by atoms with E-state index < -0.39 is 10.0 Å². The molecule has 2 aromatic heterocycles. The fourth-order valence-corrected chi connectivity index (χ4v) is 4.17. The van der Waals surface area contributed by atoms with Gasteiger partial charge in [0.2, 0.25) is 11.8 Å². The summed E-state index contributed by atoms with van der Waals surface area (Å²) in [6, 6.07) is 1.36. The molecule has 0 bridgehead atoms. The molecule has 0 spiro atoms. The highest BCUT2D eigenvalue weighted by atomic mass is 35.5. The molecule has 0 unspecified atom stereocenters. The van der Waals surface area contributed by atoms with Crippen LogP contribution in [0.3, 0.4) is 0 Å². The zero-order chi connectivity index (χ0) is 14.9. The zero-order valence-corrected chi connectivity index (χ0v) is 13.4. The molecule has 2 aromatic rings. The largest absolute Gasteiger partial charge is 0.481 e. The maximum absolute atomic E-state index is 12.2. The Labute approximate surface area is 129 Å². The number of methoxy groups -OCH3 is 1. The van der Waals surface area contributed by atoms with Crippen molar-refractivity contribution in [3.05, 3.63) is 21.4 Å². The lowest BCUT2D eigenvalue weighted by molar-refractivity contribution is 0.397. The number of nitrogens with zero attached hydrogens (tertiary/aromatic N) is 3. The molecule has 0 atom stereocenters. The third-order valence-corrected chi connectivity index (χ3v) is 5.47. The first-order valence-corrected chi connectivity index (χ1v) is 8.11. The van der Waals surface area contributed by atoms with E-state index in [1.54, 1.807) is 0 Å². The molecule has 0 saturated heterocycles. The predicted octanol–water partition coefficient (Wildman–Crippen LogP) is 2.36. The minimum absolute atomic E-state index is 0.00922. The van der Waals surface area contributed by atoms with Gasteiger partial charge < -0.3 is 4.74 Å². The monoisotopic (exact) mass is 354 g/mol. The minimum Gasteiger partial charge on any atom is -0.481 e. The summed E-state index contributed by atoms with van der Waals surface area (Å²) in [4.78, 5) is 11.5. The van der Waals surface area contributed by atoms with Crippen LogP contribution in [0, 0.1) is 6.92 Å². The summed E-state index contributed by atoms with van der Waals surface area (Å²) >= 11 is 12.3. The van der Waals surface area contributed by atoms with Crippen LogP contribution in [0.25, 0.3) is 0 Å². The van der Waals surface area contributed by atoms with Crippen LogP contribution in [-0.2, 0) is 10.0 Å². The van der Waals surface area contributed by atoms with Gasteiger partial charge >= 0.3 is 0 Å². The highest BCUT2D eigenvalue weighted by Gasteiger charge is 2.23. The number of hydrogen-bond acceptors (Lipinski definition) is 7. The molecule has 0 fully saturated rings. The molecular formula is C9H8Cl2N4O3S2. The van der Waals surface area contributed by atoms with Gasteiger partial charge in [0.05, 0.1) is 12.8 Å². The van der Waals surface area contributed by atoms with E-state index in [0.717, 1.165) is 11.3 Å². The predicted molar refractivity (Wildman–Crippen MR) is 76.3 cm³/mol. The lowest BCUT2D eigenvalue weighted by atomic mass is 10.6. The number of nitrogens with one attached hydrogen (secondary N) is 1. The average Bonchev–Trinajstić information content (AvgIpc) is 2.67. The Morgan fingerprint density at radius 2 is 2.00 bits per heavy atom. The Morgan fingerprint density at radius 1 is 1.30 bits per heavy atom. The average molecular weight is 355 g/mol. The molecule has 0 radical (unpaired) electrons. The van der Waals surface area contributed by atoms with Gasteiger partial charge in [0.15, 0.2) is 8.68 Å². The van der Waals surface area contributed by atoms with Crippen LogP contribution in [0.4, 0.5) is 5.95 Å². The molecule has 0 amide bonds. The fourth-order valence-electron chi connectivity index (χ4n) is 1.31. The standard InChI is InChI=1S/C9H8Cl2N4O3S2/c1-4-7(19-8(11)12-4)20(16,17)15-9-13-5(10)3-6(14-9)18-2/h3H,1-2H3,(H,13,14,15). The number of hydrogen-bond donors (Lipinski definition) is 1. The summed E-state index contributed by atoms with van der Waals surface area (Å²) in [6.07, 6.45) is 0. The molecule has 11 heteroatoms. The van der Waals surface area contributed by atoms with Crippen LogP contribution in [0.1, 0.15) is 5.69 Å². The van der Waals surface area contributed by atoms with E-state index in [9.17, 15) is 8.42 Å². The lowest BCUT2D eigenvalue weighted by Crippen LogP contribution is -2.15. The number of sulfonamides is 1. The molecular weight excluding hydrogens is 347 g/mol. The fraction of sp³-hybridized carbons (Fsp3) is 0.222. The molecule has 0 aliphatic carbocycles. The maximum Gasteiger partial charge on any atom is 0.275 e. The Kier molecular flexibility index (Phi) is 4.33. The molecule has 0 aliphatic heterocycles. The Morgan fingerprint density at radius 3 is 2.55 bits per heavy atom. The van der Waals surface area contributed by atoms with Crippen molar-refractivity contribution in [2.24, 2.45) is 0 Å². The van der Waals surface area contributed by atoms with Crippen molar-refractivity contribution in [3.8, 4) is 5.88 Å². The summed E-state index contributed by atoms with van der Waals surface area (Å²) in [6.45, 7) is 1.54. The van der Waals surface area contributed by atoms with Gasteiger partial charge in [-0.25, -0.2) is 23.1 Å². The quantitative estimate of drug-likeness (QED) is 0.846. The summed E-state index contributed by atoms with van der Waals surface area (Å²) in [5, 5.41) is 0.0496. The van der Waals surface area contributed by atoms with Crippen LogP contribution in [0.5, 0.6) is 5.88 Å². The van der Waals surface area contributed by atoms with Crippen molar-refractivity contribution >= 4 is 50.5 Å².